The maximum absolute atomic E-state index is 13.1. The van der Waals surface area contributed by atoms with Crippen LogP contribution in [-0.2, 0) is 10.0 Å². The van der Waals surface area contributed by atoms with Crippen LogP contribution >= 0.6 is 43.2 Å². The van der Waals surface area contributed by atoms with Gasteiger partial charge in [-0.05, 0) is 52.4 Å². The van der Waals surface area contributed by atoms with Crippen LogP contribution in [0, 0.1) is 0 Å². The van der Waals surface area contributed by atoms with Gasteiger partial charge in [0.05, 0.1) is 11.3 Å². The Labute approximate surface area is 181 Å². The van der Waals surface area contributed by atoms with Crippen molar-refractivity contribution < 1.29 is 13.2 Å². The minimum atomic E-state index is -3.88. The van der Waals surface area contributed by atoms with E-state index in [9.17, 15) is 13.2 Å². The molecule has 3 rings (SSSR count). The number of anilines is 1. The monoisotopic (exact) mass is 533 g/mol. The molecule has 0 fully saturated rings. The molecule has 2 heterocycles. The van der Waals surface area contributed by atoms with Crippen molar-refractivity contribution in [1.29, 1.82) is 0 Å². The summed E-state index contributed by atoms with van der Waals surface area (Å²) in [6, 6.07) is 3.76. The SMILES string of the molecule is CCCCC(CCC)c1cc(Br)cc(Br)c1N1C(=O)c2cscc2S1(=O)=O. The number of thiophene rings is 1. The molecule has 2 aromatic rings. The van der Waals surface area contributed by atoms with Crippen LogP contribution in [0.4, 0.5) is 5.69 Å². The molecule has 0 spiro atoms. The Hall–Kier alpha value is -0.700. The van der Waals surface area contributed by atoms with Crippen LogP contribution in [0.1, 0.15) is 67.8 Å². The molecule has 1 unspecified atom stereocenters. The van der Waals surface area contributed by atoms with E-state index in [-0.39, 0.29) is 16.4 Å². The second-order valence-corrected chi connectivity index (χ2v) is 10.9. The van der Waals surface area contributed by atoms with Crippen molar-refractivity contribution in [2.75, 3.05) is 4.31 Å². The molecule has 146 valence electrons. The third kappa shape index (κ3) is 3.78. The zero-order chi connectivity index (χ0) is 19.8. The van der Waals surface area contributed by atoms with Gasteiger partial charge in [-0.1, -0.05) is 49.0 Å². The van der Waals surface area contributed by atoms with E-state index in [2.05, 4.69) is 45.7 Å². The number of benzene rings is 1. The fourth-order valence-electron chi connectivity index (χ4n) is 3.55. The largest absolute Gasteiger partial charge is 0.274 e. The van der Waals surface area contributed by atoms with Crippen LogP contribution in [0.15, 0.2) is 36.7 Å². The predicted molar refractivity (Wildman–Crippen MR) is 117 cm³/mol. The molecular weight excluding hydrogens is 514 g/mol. The van der Waals surface area contributed by atoms with Gasteiger partial charge in [-0.15, -0.1) is 0 Å². The fourth-order valence-corrected chi connectivity index (χ4v) is 7.89. The van der Waals surface area contributed by atoms with Gasteiger partial charge < -0.3 is 0 Å². The number of amides is 1. The number of fused-ring (bicyclic) bond motifs is 1. The first-order chi connectivity index (χ1) is 12.8. The summed E-state index contributed by atoms with van der Waals surface area (Å²) in [6.45, 7) is 4.27. The minimum Gasteiger partial charge on any atom is -0.267 e. The van der Waals surface area contributed by atoms with Gasteiger partial charge in [0.1, 0.15) is 4.90 Å². The van der Waals surface area contributed by atoms with E-state index in [0.29, 0.717) is 10.2 Å². The summed E-state index contributed by atoms with van der Waals surface area (Å²) in [5.74, 6) is -0.277. The van der Waals surface area contributed by atoms with E-state index < -0.39 is 15.9 Å². The first-order valence-corrected chi connectivity index (χ1v) is 12.9. The number of hydrogen-bond acceptors (Lipinski definition) is 4. The zero-order valence-electron chi connectivity index (χ0n) is 15.2. The molecule has 4 nitrogen and oxygen atoms in total. The van der Waals surface area contributed by atoms with Crippen molar-refractivity contribution in [2.45, 2.75) is 56.8 Å². The van der Waals surface area contributed by atoms with Crippen LogP contribution in [-0.4, -0.2) is 14.3 Å². The summed E-state index contributed by atoms with van der Waals surface area (Å²) >= 11 is 8.28. The summed E-state index contributed by atoms with van der Waals surface area (Å²) in [4.78, 5) is 13.1. The molecule has 0 saturated heterocycles. The van der Waals surface area contributed by atoms with Crippen LogP contribution < -0.4 is 4.31 Å². The summed E-state index contributed by atoms with van der Waals surface area (Å²) in [7, 11) is -3.88. The molecule has 1 amide bonds. The van der Waals surface area contributed by atoms with Crippen molar-refractivity contribution in [2.24, 2.45) is 0 Å². The molecule has 0 radical (unpaired) electrons. The normalized spacial score (nSPS) is 16.6. The number of carbonyl (C=O) groups is 1. The second-order valence-electron chi connectivity index (χ2n) is 6.68. The maximum atomic E-state index is 13.1. The van der Waals surface area contributed by atoms with E-state index in [1.54, 1.807) is 11.4 Å². The molecule has 0 aliphatic carbocycles. The smallest absolute Gasteiger partial charge is 0.267 e. The van der Waals surface area contributed by atoms with Gasteiger partial charge in [0, 0.05) is 19.7 Å². The topological polar surface area (TPSA) is 54.5 Å². The Morgan fingerprint density at radius 3 is 2.48 bits per heavy atom. The van der Waals surface area contributed by atoms with E-state index in [4.69, 9.17) is 0 Å². The first kappa shape index (κ1) is 21.0. The van der Waals surface area contributed by atoms with Crippen molar-refractivity contribution in [3.05, 3.63) is 43.0 Å². The highest BCUT2D eigenvalue weighted by Gasteiger charge is 2.45. The second kappa shape index (κ2) is 8.35. The summed E-state index contributed by atoms with van der Waals surface area (Å²) in [5, 5.41) is 3.15. The Kier molecular flexibility index (Phi) is 6.50. The van der Waals surface area contributed by atoms with E-state index >= 15 is 0 Å². The number of halogens is 2. The molecule has 0 saturated carbocycles. The fraction of sp³-hybridized carbons (Fsp3) is 0.421. The molecular formula is C19H21Br2NO3S2. The van der Waals surface area contributed by atoms with Crippen molar-refractivity contribution >= 4 is 64.8 Å². The summed E-state index contributed by atoms with van der Waals surface area (Å²) in [5.41, 5.74) is 1.62. The van der Waals surface area contributed by atoms with Crippen LogP contribution in [0.2, 0.25) is 0 Å². The quantitative estimate of drug-likeness (QED) is 0.397. The Morgan fingerprint density at radius 1 is 1.11 bits per heavy atom. The van der Waals surface area contributed by atoms with Gasteiger partial charge in [0.25, 0.3) is 15.9 Å². The van der Waals surface area contributed by atoms with Crippen LogP contribution in [0.3, 0.4) is 0 Å². The minimum absolute atomic E-state index is 0.110. The maximum Gasteiger partial charge on any atom is 0.274 e. The van der Waals surface area contributed by atoms with E-state index in [1.165, 1.54) is 16.7 Å². The first-order valence-electron chi connectivity index (χ1n) is 8.97. The predicted octanol–water partition coefficient (Wildman–Crippen LogP) is 6.70. The van der Waals surface area contributed by atoms with Crippen molar-refractivity contribution in [1.82, 2.24) is 0 Å². The third-order valence-electron chi connectivity index (χ3n) is 4.80. The Bertz CT molecular complexity index is 969. The van der Waals surface area contributed by atoms with Gasteiger partial charge in [-0.2, -0.15) is 15.6 Å². The number of unbranched alkanes of at least 4 members (excludes halogenated alkanes) is 1. The highest BCUT2D eigenvalue weighted by molar-refractivity contribution is 9.11. The van der Waals surface area contributed by atoms with E-state index in [0.717, 1.165) is 46.4 Å². The van der Waals surface area contributed by atoms with Crippen LogP contribution in [0.5, 0.6) is 0 Å². The Morgan fingerprint density at radius 2 is 1.85 bits per heavy atom. The lowest BCUT2D eigenvalue weighted by molar-refractivity contribution is 0.101. The summed E-state index contributed by atoms with van der Waals surface area (Å²) in [6.07, 6.45) is 5.03. The molecule has 0 bridgehead atoms. The van der Waals surface area contributed by atoms with Crippen molar-refractivity contribution in [3.8, 4) is 0 Å². The number of nitrogens with zero attached hydrogens (tertiary/aromatic N) is 1. The average molecular weight is 535 g/mol. The van der Waals surface area contributed by atoms with Crippen molar-refractivity contribution in [3.63, 3.8) is 0 Å². The molecule has 27 heavy (non-hydrogen) atoms. The standard InChI is InChI=1S/C19H21Br2NO3S2/c1-3-5-7-12(6-4-2)14-8-13(20)9-16(21)18(14)22-19(23)15-10-26-11-17(15)27(22,24)25/h8-12H,3-7H2,1-2H3. The molecule has 0 N–H and O–H groups in total. The lowest BCUT2D eigenvalue weighted by Gasteiger charge is -2.26. The molecule has 8 heteroatoms. The third-order valence-corrected chi connectivity index (χ3v) is 8.48. The van der Waals surface area contributed by atoms with Crippen LogP contribution in [0.25, 0.3) is 0 Å². The highest BCUT2D eigenvalue weighted by Crippen LogP contribution is 2.46. The van der Waals surface area contributed by atoms with Gasteiger partial charge in [-0.3, -0.25) is 4.79 Å². The van der Waals surface area contributed by atoms with Gasteiger partial charge in [-0.25, -0.2) is 8.42 Å². The number of sulfonamides is 1. The molecule has 1 aromatic heterocycles. The van der Waals surface area contributed by atoms with Gasteiger partial charge >= 0.3 is 0 Å². The zero-order valence-corrected chi connectivity index (χ0v) is 20.0. The van der Waals surface area contributed by atoms with E-state index in [1.807, 2.05) is 6.07 Å². The molecule has 1 aliphatic rings. The highest BCUT2D eigenvalue weighted by atomic mass is 79.9. The molecule has 1 aromatic carbocycles. The Balaban J connectivity index is 2.19. The van der Waals surface area contributed by atoms with Gasteiger partial charge in [0.15, 0.2) is 0 Å². The molecule has 1 aliphatic heterocycles. The number of rotatable bonds is 7. The lowest BCUT2D eigenvalue weighted by Crippen LogP contribution is -2.31. The molecule has 1 atom stereocenters. The lowest BCUT2D eigenvalue weighted by atomic mass is 9.88. The number of hydrogen-bond donors (Lipinski definition) is 0. The number of carbonyl (C=O) groups excluding carboxylic acids is 1. The summed E-state index contributed by atoms with van der Waals surface area (Å²) < 4.78 is 28.7. The van der Waals surface area contributed by atoms with Gasteiger partial charge in [0.2, 0.25) is 0 Å². The average Bonchev–Trinajstić information content (AvgIpc) is 3.16.